The summed E-state index contributed by atoms with van der Waals surface area (Å²) in [5, 5.41) is 15.1. The summed E-state index contributed by atoms with van der Waals surface area (Å²) in [5.41, 5.74) is 7.95. The van der Waals surface area contributed by atoms with Crippen LogP contribution in [0.2, 0.25) is 0 Å². The van der Waals surface area contributed by atoms with E-state index in [0.717, 1.165) is 50.1 Å². The molecular weight excluding hydrogens is 570 g/mol. The van der Waals surface area contributed by atoms with Crippen LogP contribution in [0.25, 0.3) is 32.2 Å². The molecule has 1 unspecified atom stereocenters. The molecule has 0 saturated carbocycles. The standard InChI is InChI=1S/C31H34F2N8OS/c1-2-19-16-40(10-8-36-19)29-23-14-37-26(20-5-3-6-24-25(20)22(13-34)28(35)43-24)21(12-32)27(23)38-30(39-29)42-17-31-7-4-9-41(31)15-18(33)11-31/h3,5-6,14,18-19,36H,2,4,7-12,15-17,35H2,1H3/t18-,19?,31+/m1/s1. The van der Waals surface area contributed by atoms with Crippen LogP contribution in [0.3, 0.4) is 0 Å². The Hall–Kier alpha value is -3.66. The lowest BCUT2D eigenvalue weighted by Crippen LogP contribution is -2.50. The van der Waals surface area contributed by atoms with E-state index in [1.807, 2.05) is 18.2 Å². The van der Waals surface area contributed by atoms with Crippen molar-refractivity contribution in [2.24, 2.45) is 0 Å². The molecule has 3 fully saturated rings. The number of hydrogen-bond acceptors (Lipinski definition) is 10. The molecule has 1 aromatic carbocycles. The fraction of sp³-hybridized carbons (Fsp3) is 0.484. The maximum Gasteiger partial charge on any atom is 0.319 e. The lowest BCUT2D eigenvalue weighted by molar-refractivity contribution is 0.107. The predicted molar refractivity (Wildman–Crippen MR) is 165 cm³/mol. The van der Waals surface area contributed by atoms with Gasteiger partial charge in [0.2, 0.25) is 0 Å². The molecule has 224 valence electrons. The molecule has 9 nitrogen and oxygen atoms in total. The fourth-order valence-corrected chi connectivity index (χ4v) is 8.13. The molecule has 6 heterocycles. The number of anilines is 2. The number of nitrogens with two attached hydrogens (primary N) is 1. The van der Waals surface area contributed by atoms with Gasteiger partial charge in [0, 0.05) is 66.1 Å². The summed E-state index contributed by atoms with van der Waals surface area (Å²) in [6.45, 7) is 5.11. The Morgan fingerprint density at radius 3 is 2.98 bits per heavy atom. The monoisotopic (exact) mass is 604 g/mol. The lowest BCUT2D eigenvalue weighted by Gasteiger charge is -2.35. The van der Waals surface area contributed by atoms with Crippen molar-refractivity contribution in [1.29, 1.82) is 5.26 Å². The molecule has 0 spiro atoms. The average Bonchev–Trinajstić information content (AvgIpc) is 3.67. The van der Waals surface area contributed by atoms with Crippen molar-refractivity contribution in [2.45, 2.75) is 57.0 Å². The second-order valence-electron chi connectivity index (χ2n) is 11.8. The van der Waals surface area contributed by atoms with Crippen molar-refractivity contribution in [2.75, 3.05) is 50.0 Å². The van der Waals surface area contributed by atoms with E-state index in [9.17, 15) is 9.65 Å². The molecule has 0 bridgehead atoms. The van der Waals surface area contributed by atoms with Gasteiger partial charge in [-0.05, 0) is 31.9 Å². The summed E-state index contributed by atoms with van der Waals surface area (Å²) < 4.78 is 36.8. The number of piperazine rings is 1. The topological polar surface area (TPSA) is 116 Å². The highest BCUT2D eigenvalue weighted by atomic mass is 32.1. The third kappa shape index (κ3) is 4.74. The molecule has 7 rings (SSSR count). The molecule has 3 aliphatic heterocycles. The van der Waals surface area contributed by atoms with Crippen molar-refractivity contribution in [3.63, 3.8) is 0 Å². The van der Waals surface area contributed by atoms with Crippen molar-refractivity contribution < 1.29 is 13.5 Å². The van der Waals surface area contributed by atoms with Crippen LogP contribution in [0.5, 0.6) is 6.01 Å². The minimum absolute atomic E-state index is 0.153. The summed E-state index contributed by atoms with van der Waals surface area (Å²) in [6.07, 6.45) is 4.09. The highest BCUT2D eigenvalue weighted by Gasteiger charge is 2.49. The molecule has 3 atom stereocenters. The van der Waals surface area contributed by atoms with Gasteiger partial charge in [-0.15, -0.1) is 11.3 Å². The van der Waals surface area contributed by atoms with Crippen LogP contribution in [-0.4, -0.2) is 76.9 Å². The van der Waals surface area contributed by atoms with Crippen LogP contribution < -0.4 is 20.7 Å². The molecule has 0 amide bonds. The first-order valence-corrected chi connectivity index (χ1v) is 15.7. The van der Waals surface area contributed by atoms with E-state index in [0.29, 0.717) is 62.5 Å². The van der Waals surface area contributed by atoms with Crippen LogP contribution in [0, 0.1) is 11.3 Å². The zero-order chi connectivity index (χ0) is 29.7. The van der Waals surface area contributed by atoms with E-state index in [1.54, 1.807) is 6.20 Å². The minimum Gasteiger partial charge on any atom is -0.461 e. The molecule has 3 saturated heterocycles. The number of nitrogen functional groups attached to an aromatic ring is 1. The van der Waals surface area contributed by atoms with E-state index in [1.165, 1.54) is 11.3 Å². The van der Waals surface area contributed by atoms with Crippen LogP contribution in [-0.2, 0) is 6.67 Å². The Kier molecular flexibility index (Phi) is 7.27. The number of aromatic nitrogens is 3. The van der Waals surface area contributed by atoms with E-state index in [-0.39, 0.29) is 24.2 Å². The van der Waals surface area contributed by atoms with Gasteiger partial charge in [-0.2, -0.15) is 15.2 Å². The van der Waals surface area contributed by atoms with E-state index in [2.05, 4.69) is 28.1 Å². The third-order valence-corrected chi connectivity index (χ3v) is 10.3. The molecule has 0 aliphatic carbocycles. The maximum absolute atomic E-state index is 15.2. The molecule has 3 aliphatic rings. The Morgan fingerprint density at radius 1 is 1.28 bits per heavy atom. The second kappa shape index (κ2) is 11.1. The van der Waals surface area contributed by atoms with Crippen LogP contribution in [0.15, 0.2) is 24.4 Å². The molecule has 12 heteroatoms. The van der Waals surface area contributed by atoms with Crippen molar-refractivity contribution in [3.8, 4) is 23.3 Å². The molecule has 3 aromatic heterocycles. The minimum atomic E-state index is -0.872. The Morgan fingerprint density at radius 2 is 2.16 bits per heavy atom. The zero-order valence-corrected chi connectivity index (χ0v) is 24.9. The quantitative estimate of drug-likeness (QED) is 0.302. The van der Waals surface area contributed by atoms with Gasteiger partial charge >= 0.3 is 6.01 Å². The van der Waals surface area contributed by atoms with Crippen LogP contribution in [0.4, 0.5) is 19.6 Å². The van der Waals surface area contributed by atoms with Gasteiger partial charge in [-0.25, -0.2) is 8.78 Å². The number of alkyl halides is 2. The van der Waals surface area contributed by atoms with Crippen LogP contribution >= 0.6 is 11.3 Å². The van der Waals surface area contributed by atoms with E-state index >= 15 is 4.39 Å². The average molecular weight is 605 g/mol. The number of pyridine rings is 1. The van der Waals surface area contributed by atoms with Gasteiger partial charge in [0.15, 0.2) is 0 Å². The largest absolute Gasteiger partial charge is 0.461 e. The lowest BCUT2D eigenvalue weighted by atomic mass is 9.95. The summed E-state index contributed by atoms with van der Waals surface area (Å²) in [7, 11) is 0. The predicted octanol–water partition coefficient (Wildman–Crippen LogP) is 4.97. The summed E-state index contributed by atoms with van der Waals surface area (Å²) in [4.78, 5) is 18.8. The van der Waals surface area contributed by atoms with Gasteiger partial charge in [0.25, 0.3) is 0 Å². The summed E-state index contributed by atoms with van der Waals surface area (Å²) in [6, 6.07) is 8.25. The van der Waals surface area contributed by atoms with Gasteiger partial charge in [-0.3, -0.25) is 9.88 Å². The maximum atomic E-state index is 15.2. The summed E-state index contributed by atoms with van der Waals surface area (Å²) >= 11 is 1.33. The highest BCUT2D eigenvalue weighted by molar-refractivity contribution is 7.23. The highest BCUT2D eigenvalue weighted by Crippen LogP contribution is 2.43. The Labute approximate surface area is 252 Å². The number of nitrogens with zero attached hydrogens (tertiary/aromatic N) is 6. The molecular formula is C31H34F2N8OS. The number of benzene rings is 1. The van der Waals surface area contributed by atoms with Gasteiger partial charge in [-0.1, -0.05) is 19.1 Å². The zero-order valence-electron chi connectivity index (χ0n) is 24.1. The molecule has 4 aromatic rings. The first kappa shape index (κ1) is 28.1. The van der Waals surface area contributed by atoms with Crippen molar-refractivity contribution in [3.05, 3.63) is 35.5 Å². The molecule has 43 heavy (non-hydrogen) atoms. The number of rotatable bonds is 7. The first-order valence-electron chi connectivity index (χ1n) is 14.9. The van der Waals surface area contributed by atoms with E-state index < -0.39 is 12.8 Å². The number of nitrogens with one attached hydrogen (secondary N) is 1. The number of nitriles is 1. The van der Waals surface area contributed by atoms with Gasteiger partial charge in [0.1, 0.15) is 36.3 Å². The van der Waals surface area contributed by atoms with Crippen LogP contribution in [0.1, 0.15) is 43.7 Å². The van der Waals surface area contributed by atoms with Gasteiger partial charge < -0.3 is 20.7 Å². The van der Waals surface area contributed by atoms with E-state index in [4.69, 9.17) is 25.4 Å². The van der Waals surface area contributed by atoms with Crippen molar-refractivity contribution >= 4 is 43.1 Å². The number of hydrogen-bond donors (Lipinski definition) is 2. The fourth-order valence-electron chi connectivity index (χ4n) is 7.18. The third-order valence-electron chi connectivity index (χ3n) is 9.32. The number of fused-ring (bicyclic) bond motifs is 3. The smallest absolute Gasteiger partial charge is 0.319 e. The first-order chi connectivity index (χ1) is 20.9. The number of ether oxygens (including phenoxy) is 1. The second-order valence-corrected chi connectivity index (χ2v) is 12.9. The van der Waals surface area contributed by atoms with Crippen molar-refractivity contribution in [1.82, 2.24) is 25.2 Å². The number of halogens is 2. The van der Waals surface area contributed by atoms with Gasteiger partial charge in [0.05, 0.1) is 27.7 Å². The number of thiophene rings is 1. The molecule has 3 N–H and O–H groups in total. The SMILES string of the molecule is CCC1CN(c2nc(OC[C@@]34CCCN3C[C@H](F)C4)nc3c(CF)c(-c4cccc5sc(N)c(C#N)c45)ncc23)CCN1. The summed E-state index contributed by atoms with van der Waals surface area (Å²) in [5.74, 6) is 0.653. The Bertz CT molecular complexity index is 1740. The Balaban J connectivity index is 1.37. The molecule has 0 radical (unpaired) electrons. The normalized spacial score (nSPS) is 24.1.